The second-order valence-corrected chi connectivity index (χ2v) is 5.87. The lowest BCUT2D eigenvalue weighted by Gasteiger charge is -2.15. The van der Waals surface area contributed by atoms with Crippen LogP contribution in [0, 0.1) is 12.7 Å². The molecule has 0 aliphatic rings. The van der Waals surface area contributed by atoms with E-state index < -0.39 is 0 Å². The number of benzene rings is 1. The second kappa shape index (κ2) is 7.86. The molecular weight excluding hydrogens is 303 g/mol. The zero-order valence-electron chi connectivity index (χ0n) is 14.6. The van der Waals surface area contributed by atoms with Crippen molar-refractivity contribution in [2.24, 2.45) is 0 Å². The first-order valence-electron chi connectivity index (χ1n) is 8.12. The van der Waals surface area contributed by atoms with Crippen molar-refractivity contribution in [1.29, 1.82) is 0 Å². The van der Waals surface area contributed by atoms with Gasteiger partial charge >= 0.3 is 0 Å². The Kier molecular flexibility index (Phi) is 5.85. The summed E-state index contributed by atoms with van der Waals surface area (Å²) >= 11 is 0. The van der Waals surface area contributed by atoms with Crippen LogP contribution >= 0.6 is 0 Å². The van der Waals surface area contributed by atoms with Gasteiger partial charge in [-0.1, -0.05) is 13.0 Å². The van der Waals surface area contributed by atoms with E-state index in [4.69, 9.17) is 0 Å². The third-order valence-corrected chi connectivity index (χ3v) is 4.19. The lowest BCUT2D eigenvalue weighted by Crippen LogP contribution is -2.25. The van der Waals surface area contributed by atoms with Crippen LogP contribution in [-0.2, 0) is 4.79 Å². The number of nitrogens with one attached hydrogen (secondary N) is 1. The van der Waals surface area contributed by atoms with Crippen molar-refractivity contribution in [1.82, 2.24) is 10.3 Å². The Morgan fingerprint density at radius 3 is 2.67 bits per heavy atom. The molecule has 0 fully saturated rings. The summed E-state index contributed by atoms with van der Waals surface area (Å²) < 4.78 is 14.2. The zero-order valence-corrected chi connectivity index (χ0v) is 14.6. The molecule has 1 amide bonds. The molecule has 1 heterocycles. The largest absolute Gasteiger partial charge is 0.352 e. The van der Waals surface area contributed by atoms with Crippen LogP contribution in [0.25, 0.3) is 16.7 Å². The second-order valence-electron chi connectivity index (χ2n) is 5.87. The fourth-order valence-corrected chi connectivity index (χ4v) is 2.63. The fourth-order valence-electron chi connectivity index (χ4n) is 2.63. The van der Waals surface area contributed by atoms with Crippen LogP contribution in [0.4, 0.5) is 4.39 Å². The maximum Gasteiger partial charge on any atom is 0.247 e. The maximum atomic E-state index is 14.2. The van der Waals surface area contributed by atoms with E-state index in [0.717, 1.165) is 34.2 Å². The minimum absolute atomic E-state index is 0.110. The highest BCUT2D eigenvalue weighted by molar-refractivity contribution is 6.00. The van der Waals surface area contributed by atoms with Gasteiger partial charge < -0.3 is 5.32 Å². The van der Waals surface area contributed by atoms with E-state index in [1.807, 2.05) is 32.9 Å². The van der Waals surface area contributed by atoms with Crippen molar-refractivity contribution in [2.75, 3.05) is 6.54 Å². The van der Waals surface area contributed by atoms with E-state index in [-0.39, 0.29) is 11.7 Å². The van der Waals surface area contributed by atoms with Gasteiger partial charge in [-0.05, 0) is 67.7 Å². The van der Waals surface area contributed by atoms with Gasteiger partial charge in [0.25, 0.3) is 0 Å². The van der Waals surface area contributed by atoms with Crippen LogP contribution in [-0.4, -0.2) is 17.4 Å². The molecule has 1 aromatic carbocycles. The predicted octanol–water partition coefficient (Wildman–Crippen LogP) is 4.52. The number of nitrogens with zero attached hydrogens (tertiary/aromatic N) is 1. The van der Waals surface area contributed by atoms with E-state index in [2.05, 4.69) is 10.3 Å². The lowest BCUT2D eigenvalue weighted by atomic mass is 9.91. The van der Waals surface area contributed by atoms with E-state index in [9.17, 15) is 9.18 Å². The minimum Gasteiger partial charge on any atom is -0.352 e. The first kappa shape index (κ1) is 17.9. The smallest absolute Gasteiger partial charge is 0.247 e. The van der Waals surface area contributed by atoms with Crippen LogP contribution in [0.15, 0.2) is 42.2 Å². The number of rotatable bonds is 5. The van der Waals surface area contributed by atoms with Gasteiger partial charge in [-0.3, -0.25) is 9.78 Å². The van der Waals surface area contributed by atoms with Crippen LogP contribution < -0.4 is 5.32 Å². The summed E-state index contributed by atoms with van der Waals surface area (Å²) in [5.74, 6) is -0.434. The SMILES string of the molecule is CCCNC(=O)/C(C)=C(\C)c1cc(F)cc(-c2cccnc2)c1C. The number of aromatic nitrogens is 1. The Bertz CT molecular complexity index is 767. The highest BCUT2D eigenvalue weighted by Gasteiger charge is 2.15. The van der Waals surface area contributed by atoms with Crippen molar-refractivity contribution in [2.45, 2.75) is 34.1 Å². The van der Waals surface area contributed by atoms with E-state index >= 15 is 0 Å². The van der Waals surface area contributed by atoms with Crippen LogP contribution in [0.5, 0.6) is 0 Å². The van der Waals surface area contributed by atoms with Crippen LogP contribution in [0.3, 0.4) is 0 Å². The molecule has 0 radical (unpaired) electrons. The van der Waals surface area contributed by atoms with E-state index in [1.165, 1.54) is 12.1 Å². The number of carbonyl (C=O) groups excluding carboxylic acids is 1. The molecule has 3 nitrogen and oxygen atoms in total. The van der Waals surface area contributed by atoms with Gasteiger partial charge in [-0.25, -0.2) is 4.39 Å². The Hall–Kier alpha value is -2.49. The summed E-state index contributed by atoms with van der Waals surface area (Å²) in [5.41, 5.74) is 4.72. The molecule has 2 rings (SSSR count). The topological polar surface area (TPSA) is 42.0 Å². The van der Waals surface area contributed by atoms with Crippen molar-refractivity contribution in [3.05, 3.63) is 59.2 Å². The molecule has 0 aliphatic carbocycles. The van der Waals surface area contributed by atoms with Gasteiger partial charge in [0, 0.05) is 30.1 Å². The summed E-state index contributed by atoms with van der Waals surface area (Å²) in [7, 11) is 0. The lowest BCUT2D eigenvalue weighted by molar-refractivity contribution is -0.117. The molecule has 0 saturated heterocycles. The first-order valence-corrected chi connectivity index (χ1v) is 8.12. The number of pyridine rings is 1. The summed E-state index contributed by atoms with van der Waals surface area (Å²) in [6, 6.07) is 6.72. The zero-order chi connectivity index (χ0) is 17.7. The Balaban J connectivity index is 2.51. The average Bonchev–Trinajstić information content (AvgIpc) is 2.60. The Labute approximate surface area is 142 Å². The molecule has 0 atom stereocenters. The minimum atomic E-state index is -0.324. The molecule has 24 heavy (non-hydrogen) atoms. The van der Waals surface area contributed by atoms with Gasteiger partial charge in [-0.2, -0.15) is 0 Å². The van der Waals surface area contributed by atoms with E-state index in [1.54, 1.807) is 19.3 Å². The van der Waals surface area contributed by atoms with Crippen molar-refractivity contribution >= 4 is 11.5 Å². The number of halogens is 1. The first-order chi connectivity index (χ1) is 11.5. The van der Waals surface area contributed by atoms with Crippen LogP contribution in [0.2, 0.25) is 0 Å². The van der Waals surface area contributed by atoms with Gasteiger partial charge in [0.1, 0.15) is 5.82 Å². The van der Waals surface area contributed by atoms with Crippen molar-refractivity contribution in [3.63, 3.8) is 0 Å². The maximum absolute atomic E-state index is 14.2. The predicted molar refractivity (Wildman–Crippen MR) is 95.9 cm³/mol. The molecule has 0 saturated carbocycles. The van der Waals surface area contributed by atoms with Crippen molar-refractivity contribution in [3.8, 4) is 11.1 Å². The Morgan fingerprint density at radius 1 is 1.29 bits per heavy atom. The third-order valence-electron chi connectivity index (χ3n) is 4.19. The molecule has 126 valence electrons. The molecule has 0 spiro atoms. The molecule has 1 aromatic heterocycles. The summed E-state index contributed by atoms with van der Waals surface area (Å²) in [4.78, 5) is 16.3. The quantitative estimate of drug-likeness (QED) is 0.821. The van der Waals surface area contributed by atoms with Gasteiger partial charge in [0.05, 0.1) is 0 Å². The van der Waals surface area contributed by atoms with Gasteiger partial charge in [0.2, 0.25) is 5.91 Å². The highest BCUT2D eigenvalue weighted by atomic mass is 19.1. The number of hydrogen-bond acceptors (Lipinski definition) is 2. The fraction of sp³-hybridized carbons (Fsp3) is 0.300. The highest BCUT2D eigenvalue weighted by Crippen LogP contribution is 2.31. The molecule has 0 unspecified atom stereocenters. The summed E-state index contributed by atoms with van der Waals surface area (Å²) in [5, 5.41) is 2.86. The van der Waals surface area contributed by atoms with Gasteiger partial charge in [0.15, 0.2) is 0 Å². The molecular formula is C20H23FN2O. The number of allylic oxidation sites excluding steroid dienone is 1. The number of amides is 1. The number of carbonyl (C=O) groups is 1. The standard InChI is InChI=1S/C20H23FN2O/c1-5-8-23-20(24)14(3)13(2)18-10-17(21)11-19(15(18)4)16-7-6-9-22-12-16/h6-7,9-12H,5,8H2,1-4H3,(H,23,24)/b14-13+. The molecule has 4 heteroatoms. The molecule has 2 aromatic rings. The molecule has 0 aliphatic heterocycles. The monoisotopic (exact) mass is 326 g/mol. The van der Waals surface area contributed by atoms with Gasteiger partial charge in [-0.15, -0.1) is 0 Å². The molecule has 0 bridgehead atoms. The average molecular weight is 326 g/mol. The number of hydrogen-bond donors (Lipinski definition) is 1. The summed E-state index contributed by atoms with van der Waals surface area (Å²) in [6.07, 6.45) is 4.28. The summed E-state index contributed by atoms with van der Waals surface area (Å²) in [6.45, 7) is 8.21. The van der Waals surface area contributed by atoms with Crippen molar-refractivity contribution < 1.29 is 9.18 Å². The molecule has 1 N–H and O–H groups in total. The van der Waals surface area contributed by atoms with E-state index in [0.29, 0.717) is 12.1 Å². The third kappa shape index (κ3) is 3.88. The van der Waals surface area contributed by atoms with Crippen LogP contribution in [0.1, 0.15) is 38.3 Å². The Morgan fingerprint density at radius 2 is 2.04 bits per heavy atom. The normalized spacial score (nSPS) is 11.9.